The van der Waals surface area contributed by atoms with Crippen molar-refractivity contribution in [3.8, 4) is 0 Å². The minimum Gasteiger partial charge on any atom is -0.481 e. The van der Waals surface area contributed by atoms with Crippen molar-refractivity contribution in [1.82, 2.24) is 5.32 Å². The Kier molecular flexibility index (Phi) is 11.0. The summed E-state index contributed by atoms with van der Waals surface area (Å²) in [6.07, 6.45) is 7.85. The van der Waals surface area contributed by atoms with Gasteiger partial charge in [0.15, 0.2) is 5.78 Å². The van der Waals surface area contributed by atoms with Crippen LogP contribution < -0.4 is 5.32 Å². The molecule has 4 saturated carbocycles. The lowest BCUT2D eigenvalue weighted by atomic mass is 9.33. The standard InChI is InChI=1S/C43H71NO7/c1-25(2)20-27(24-45)44-23-32(47)43-19-18-41(10)28(36(43)35(26(3)4)29(46)21-43)12-13-31-40(9)16-15-33(51-34(48)22-38(5,6)37(49)50)39(7,8)30(40)14-17-42(31,41)11/h25-28,30-33,44-45,47H,12-24H2,1-11H3,(H,49,50)/t27?,28-,30+,31-,32+,33+,40+,41-,42-,43+/m1/s1. The van der Waals surface area contributed by atoms with E-state index in [0.29, 0.717) is 30.7 Å². The van der Waals surface area contributed by atoms with Gasteiger partial charge in [-0.2, -0.15) is 0 Å². The first-order valence-electron chi connectivity index (χ1n) is 20.2. The largest absolute Gasteiger partial charge is 0.481 e. The average molecular weight is 714 g/mol. The molecule has 290 valence electrons. The van der Waals surface area contributed by atoms with Gasteiger partial charge in [0.2, 0.25) is 0 Å². The number of ketones is 1. The number of aliphatic hydroxyl groups is 2. The number of ether oxygens (including phenoxy) is 1. The van der Waals surface area contributed by atoms with Gasteiger partial charge in [0, 0.05) is 29.8 Å². The van der Waals surface area contributed by atoms with Crippen molar-refractivity contribution in [2.24, 2.45) is 62.1 Å². The Hall–Kier alpha value is -1.77. The fourth-order valence-corrected chi connectivity index (χ4v) is 13.2. The van der Waals surface area contributed by atoms with Gasteiger partial charge in [0.1, 0.15) is 6.10 Å². The number of carbonyl (C=O) groups excluding carboxylic acids is 2. The third-order valence-corrected chi connectivity index (χ3v) is 16.1. The average Bonchev–Trinajstić information content (AvgIpc) is 3.33. The number of fused-ring (bicyclic) bond motifs is 7. The molecule has 5 aliphatic rings. The zero-order chi connectivity index (χ0) is 38.1. The van der Waals surface area contributed by atoms with Crippen LogP contribution in [0.5, 0.6) is 0 Å². The van der Waals surface area contributed by atoms with Crippen LogP contribution in [0.15, 0.2) is 11.1 Å². The van der Waals surface area contributed by atoms with Gasteiger partial charge in [0.05, 0.1) is 24.5 Å². The Morgan fingerprint density at radius 3 is 2.18 bits per heavy atom. The van der Waals surface area contributed by atoms with Gasteiger partial charge >= 0.3 is 11.9 Å². The van der Waals surface area contributed by atoms with E-state index < -0.39 is 28.9 Å². The van der Waals surface area contributed by atoms with E-state index in [-0.39, 0.29) is 64.5 Å². The van der Waals surface area contributed by atoms with Crippen LogP contribution in [0.1, 0.15) is 147 Å². The van der Waals surface area contributed by atoms with Gasteiger partial charge in [-0.15, -0.1) is 0 Å². The predicted molar refractivity (Wildman–Crippen MR) is 200 cm³/mol. The topological polar surface area (TPSA) is 133 Å². The van der Waals surface area contributed by atoms with Crippen molar-refractivity contribution >= 4 is 17.7 Å². The second kappa shape index (κ2) is 13.8. The number of nitrogens with one attached hydrogen (secondary N) is 1. The van der Waals surface area contributed by atoms with E-state index in [1.54, 1.807) is 13.8 Å². The highest BCUT2D eigenvalue weighted by Crippen LogP contribution is 2.77. The molecule has 0 spiro atoms. The zero-order valence-electron chi connectivity index (χ0n) is 33.8. The van der Waals surface area contributed by atoms with E-state index in [0.717, 1.165) is 63.4 Å². The van der Waals surface area contributed by atoms with Crippen LogP contribution in [0.2, 0.25) is 0 Å². The SMILES string of the molecule is CC(C)CC(CO)NC[C@H](O)[C@@]12CC[C@]3(C)[C@H](CC[C@@H]4[C@@]5(C)CC[C@H](OC(=O)CC(C)(C)C(=O)O)C(C)(C)[C@@H]5CC[C@]43C)C1=C(C(C)C)C(=O)C2. The van der Waals surface area contributed by atoms with E-state index >= 15 is 0 Å². The number of esters is 1. The van der Waals surface area contributed by atoms with Gasteiger partial charge in [-0.3, -0.25) is 14.4 Å². The second-order valence-electron chi connectivity index (χ2n) is 20.5. The Bertz CT molecular complexity index is 1400. The fraction of sp³-hybridized carbons (Fsp3) is 0.884. The number of carbonyl (C=O) groups is 3. The molecule has 0 saturated heterocycles. The molecule has 4 fully saturated rings. The Morgan fingerprint density at radius 2 is 1.59 bits per heavy atom. The molecule has 0 aromatic heterocycles. The molecule has 5 rings (SSSR count). The number of carboxylic acid groups (broad SMARTS) is 1. The van der Waals surface area contributed by atoms with Crippen molar-refractivity contribution in [1.29, 1.82) is 0 Å². The highest BCUT2D eigenvalue weighted by Gasteiger charge is 2.70. The molecule has 0 aliphatic heterocycles. The summed E-state index contributed by atoms with van der Waals surface area (Å²) in [7, 11) is 0. The molecule has 0 radical (unpaired) electrons. The van der Waals surface area contributed by atoms with Crippen LogP contribution in [-0.2, 0) is 19.1 Å². The van der Waals surface area contributed by atoms with Gasteiger partial charge in [-0.05, 0) is 123 Å². The smallest absolute Gasteiger partial charge is 0.309 e. The highest BCUT2D eigenvalue weighted by molar-refractivity contribution is 6.00. The molecule has 0 aromatic carbocycles. The van der Waals surface area contributed by atoms with Crippen molar-refractivity contribution in [2.45, 2.75) is 165 Å². The van der Waals surface area contributed by atoms with E-state index in [4.69, 9.17) is 4.74 Å². The summed E-state index contributed by atoms with van der Waals surface area (Å²) in [4.78, 5) is 38.8. The maximum Gasteiger partial charge on any atom is 0.309 e. The predicted octanol–water partition coefficient (Wildman–Crippen LogP) is 7.74. The summed E-state index contributed by atoms with van der Waals surface area (Å²) in [5.74, 6) is 0.402. The zero-order valence-corrected chi connectivity index (χ0v) is 33.8. The highest BCUT2D eigenvalue weighted by atomic mass is 16.5. The Morgan fingerprint density at radius 1 is 0.922 bits per heavy atom. The van der Waals surface area contributed by atoms with Crippen LogP contribution in [0, 0.1) is 62.1 Å². The van der Waals surface area contributed by atoms with Crippen LogP contribution in [0.25, 0.3) is 0 Å². The number of allylic oxidation sites excluding steroid dienone is 1. The lowest BCUT2D eigenvalue weighted by Crippen LogP contribution is -2.66. The number of aliphatic hydroxyl groups excluding tert-OH is 2. The van der Waals surface area contributed by atoms with E-state index in [1.807, 2.05) is 0 Å². The Labute approximate surface area is 308 Å². The number of aliphatic carboxylic acids is 1. The molecule has 0 amide bonds. The minimum atomic E-state index is -1.17. The molecule has 10 atom stereocenters. The third kappa shape index (κ3) is 6.47. The molecule has 0 bridgehead atoms. The molecule has 8 nitrogen and oxygen atoms in total. The van der Waals surface area contributed by atoms with Gasteiger partial charge < -0.3 is 25.4 Å². The summed E-state index contributed by atoms with van der Waals surface area (Å²) < 4.78 is 6.16. The van der Waals surface area contributed by atoms with E-state index in [9.17, 15) is 29.7 Å². The molecule has 0 heterocycles. The molecular formula is C43H71NO7. The molecule has 1 unspecified atom stereocenters. The van der Waals surface area contributed by atoms with Crippen molar-refractivity contribution in [2.75, 3.05) is 13.2 Å². The van der Waals surface area contributed by atoms with E-state index in [2.05, 4.69) is 67.6 Å². The molecular weight excluding hydrogens is 642 g/mol. The van der Waals surface area contributed by atoms with Crippen LogP contribution in [-0.4, -0.2) is 64.4 Å². The summed E-state index contributed by atoms with van der Waals surface area (Å²) in [6.45, 7) is 24.2. The van der Waals surface area contributed by atoms with Crippen molar-refractivity contribution in [3.05, 3.63) is 11.1 Å². The lowest BCUT2D eigenvalue weighted by Gasteiger charge is -2.72. The first-order valence-corrected chi connectivity index (χ1v) is 20.2. The molecule has 0 aromatic rings. The Balaban J connectivity index is 1.43. The molecule has 4 N–H and O–H groups in total. The first kappa shape index (κ1) is 40.4. The maximum atomic E-state index is 14.0. The number of Topliss-reactive ketones (excluding diaryl/α,β-unsaturated/α-hetero) is 1. The molecule has 5 aliphatic carbocycles. The summed E-state index contributed by atoms with van der Waals surface area (Å²) in [5.41, 5.74) is 0.339. The quantitative estimate of drug-likeness (QED) is 0.151. The summed E-state index contributed by atoms with van der Waals surface area (Å²) >= 11 is 0. The maximum absolute atomic E-state index is 14.0. The van der Waals surface area contributed by atoms with Gasteiger partial charge in [0.25, 0.3) is 0 Å². The summed E-state index contributed by atoms with van der Waals surface area (Å²) in [5, 5.41) is 35.3. The molecule has 8 heteroatoms. The van der Waals surface area contributed by atoms with Gasteiger partial charge in [-0.1, -0.05) is 67.9 Å². The van der Waals surface area contributed by atoms with Crippen molar-refractivity contribution in [3.63, 3.8) is 0 Å². The number of carboxylic acids is 1. The van der Waals surface area contributed by atoms with Crippen molar-refractivity contribution < 1.29 is 34.4 Å². The number of hydrogen-bond donors (Lipinski definition) is 4. The normalized spacial score (nSPS) is 38.8. The monoisotopic (exact) mass is 714 g/mol. The third-order valence-electron chi connectivity index (χ3n) is 16.1. The first-order chi connectivity index (χ1) is 23.5. The van der Waals surface area contributed by atoms with Crippen LogP contribution in [0.4, 0.5) is 0 Å². The van der Waals surface area contributed by atoms with Crippen LogP contribution >= 0.6 is 0 Å². The van der Waals surface area contributed by atoms with E-state index in [1.165, 1.54) is 5.57 Å². The fourth-order valence-electron chi connectivity index (χ4n) is 13.2. The van der Waals surface area contributed by atoms with Crippen LogP contribution in [0.3, 0.4) is 0 Å². The second-order valence-corrected chi connectivity index (χ2v) is 20.5. The van der Waals surface area contributed by atoms with Gasteiger partial charge in [-0.25, -0.2) is 0 Å². The summed E-state index contributed by atoms with van der Waals surface area (Å²) in [6, 6.07) is -0.0799. The minimum absolute atomic E-state index is 0.0260. The number of rotatable bonds is 12. The lowest BCUT2D eigenvalue weighted by molar-refractivity contribution is -0.235. The number of hydrogen-bond acceptors (Lipinski definition) is 7. The molecule has 51 heavy (non-hydrogen) atoms.